The molecule has 0 spiro atoms. The first kappa shape index (κ1) is 12.7. The maximum absolute atomic E-state index is 13.0. The van der Waals surface area contributed by atoms with Crippen LogP contribution in [0.5, 0.6) is 0 Å². The minimum Gasteiger partial charge on any atom is -0.385 e. The van der Waals surface area contributed by atoms with Crippen LogP contribution in [0.25, 0.3) is 0 Å². The van der Waals surface area contributed by atoms with E-state index < -0.39 is 23.8 Å². The van der Waals surface area contributed by atoms with Gasteiger partial charge in [-0.1, -0.05) is 36.4 Å². The number of hydrogen-bond donors (Lipinski definition) is 2. The fourth-order valence-electron chi connectivity index (χ4n) is 1.71. The Hall–Kier alpha value is -1.78. The molecule has 4 heteroatoms. The Labute approximate surface area is 103 Å². The van der Waals surface area contributed by atoms with Gasteiger partial charge in [0.05, 0.1) is 0 Å². The molecule has 0 heterocycles. The van der Waals surface area contributed by atoms with Gasteiger partial charge in [0.25, 0.3) is 0 Å². The van der Waals surface area contributed by atoms with Gasteiger partial charge in [0, 0.05) is 0 Å². The SMILES string of the molecule is OC(c1ccccc1)C(O)c1ccc(F)c(F)c1. The summed E-state index contributed by atoms with van der Waals surface area (Å²) in [5, 5.41) is 19.9. The van der Waals surface area contributed by atoms with Crippen molar-refractivity contribution in [2.24, 2.45) is 0 Å². The summed E-state index contributed by atoms with van der Waals surface area (Å²) >= 11 is 0. The second-order valence-electron chi connectivity index (χ2n) is 3.97. The van der Waals surface area contributed by atoms with Crippen molar-refractivity contribution < 1.29 is 19.0 Å². The van der Waals surface area contributed by atoms with E-state index in [4.69, 9.17) is 0 Å². The lowest BCUT2D eigenvalue weighted by atomic mass is 9.98. The average Bonchev–Trinajstić information content (AvgIpc) is 2.41. The van der Waals surface area contributed by atoms with E-state index in [2.05, 4.69) is 0 Å². The zero-order chi connectivity index (χ0) is 13.1. The predicted molar refractivity (Wildman–Crippen MR) is 62.7 cm³/mol. The number of halogens is 2. The number of benzene rings is 2. The van der Waals surface area contributed by atoms with Crippen molar-refractivity contribution in [2.45, 2.75) is 12.2 Å². The lowest BCUT2D eigenvalue weighted by Gasteiger charge is -2.18. The summed E-state index contributed by atoms with van der Waals surface area (Å²) in [5.74, 6) is -2.04. The first-order valence-corrected chi connectivity index (χ1v) is 5.45. The predicted octanol–water partition coefficient (Wildman–Crippen LogP) is 2.73. The monoisotopic (exact) mass is 250 g/mol. The summed E-state index contributed by atoms with van der Waals surface area (Å²) in [5.41, 5.74) is 0.639. The Kier molecular flexibility index (Phi) is 3.69. The van der Waals surface area contributed by atoms with Crippen molar-refractivity contribution in [3.8, 4) is 0 Å². The van der Waals surface area contributed by atoms with Crippen molar-refractivity contribution in [1.82, 2.24) is 0 Å². The molecule has 0 fully saturated rings. The van der Waals surface area contributed by atoms with Gasteiger partial charge >= 0.3 is 0 Å². The minimum atomic E-state index is -1.30. The second-order valence-corrected chi connectivity index (χ2v) is 3.97. The third-order valence-corrected chi connectivity index (χ3v) is 2.73. The largest absolute Gasteiger partial charge is 0.385 e. The van der Waals surface area contributed by atoms with Gasteiger partial charge in [-0.2, -0.15) is 0 Å². The zero-order valence-corrected chi connectivity index (χ0v) is 9.42. The summed E-state index contributed by atoms with van der Waals surface area (Å²) in [6.07, 6.45) is -2.49. The zero-order valence-electron chi connectivity index (χ0n) is 9.42. The van der Waals surface area contributed by atoms with Crippen LogP contribution in [0.4, 0.5) is 8.78 Å². The van der Waals surface area contributed by atoms with E-state index in [9.17, 15) is 19.0 Å². The molecule has 0 bridgehead atoms. The van der Waals surface area contributed by atoms with Crippen molar-refractivity contribution in [3.05, 3.63) is 71.3 Å². The van der Waals surface area contributed by atoms with E-state index >= 15 is 0 Å². The molecule has 2 rings (SSSR count). The van der Waals surface area contributed by atoms with Crippen LogP contribution in [-0.2, 0) is 0 Å². The second kappa shape index (κ2) is 5.25. The number of aliphatic hydroxyl groups is 2. The van der Waals surface area contributed by atoms with Crippen molar-refractivity contribution in [3.63, 3.8) is 0 Å². The molecule has 0 aliphatic heterocycles. The molecule has 0 aromatic heterocycles. The van der Waals surface area contributed by atoms with E-state index in [-0.39, 0.29) is 5.56 Å². The van der Waals surface area contributed by atoms with Crippen LogP contribution >= 0.6 is 0 Å². The van der Waals surface area contributed by atoms with Crippen molar-refractivity contribution in [2.75, 3.05) is 0 Å². The topological polar surface area (TPSA) is 40.5 Å². The van der Waals surface area contributed by atoms with Crippen LogP contribution in [0, 0.1) is 11.6 Å². The molecule has 0 saturated carbocycles. The molecule has 0 aliphatic carbocycles. The molecule has 18 heavy (non-hydrogen) atoms. The molecular formula is C14H12F2O2. The standard InChI is InChI=1S/C14H12F2O2/c15-11-7-6-10(8-12(11)16)14(18)13(17)9-4-2-1-3-5-9/h1-8,13-14,17-18H. The molecule has 94 valence electrons. The molecule has 2 aromatic rings. The third-order valence-electron chi connectivity index (χ3n) is 2.73. The van der Waals surface area contributed by atoms with Crippen LogP contribution < -0.4 is 0 Å². The van der Waals surface area contributed by atoms with E-state index in [0.717, 1.165) is 12.1 Å². The number of hydrogen-bond acceptors (Lipinski definition) is 2. The van der Waals surface area contributed by atoms with Gasteiger partial charge in [-0.15, -0.1) is 0 Å². The van der Waals surface area contributed by atoms with Gasteiger partial charge in [-0.05, 0) is 23.3 Å². The number of rotatable bonds is 3. The van der Waals surface area contributed by atoms with Gasteiger partial charge in [0.2, 0.25) is 0 Å². The van der Waals surface area contributed by atoms with Crippen LogP contribution in [-0.4, -0.2) is 10.2 Å². The van der Waals surface area contributed by atoms with Crippen LogP contribution in [0.15, 0.2) is 48.5 Å². The molecule has 2 aromatic carbocycles. The molecule has 2 atom stereocenters. The molecular weight excluding hydrogens is 238 g/mol. The van der Waals surface area contributed by atoms with Gasteiger partial charge in [-0.3, -0.25) is 0 Å². The van der Waals surface area contributed by atoms with E-state index in [1.807, 2.05) is 0 Å². The highest BCUT2D eigenvalue weighted by atomic mass is 19.2. The number of aliphatic hydroxyl groups excluding tert-OH is 2. The average molecular weight is 250 g/mol. The van der Waals surface area contributed by atoms with Crippen molar-refractivity contribution >= 4 is 0 Å². The van der Waals surface area contributed by atoms with Crippen LogP contribution in [0.3, 0.4) is 0 Å². The lowest BCUT2D eigenvalue weighted by Crippen LogP contribution is -2.10. The summed E-state index contributed by atoms with van der Waals surface area (Å²) < 4.78 is 25.8. The van der Waals surface area contributed by atoms with Gasteiger partial charge in [0.15, 0.2) is 11.6 Å². The van der Waals surface area contributed by atoms with E-state index in [1.165, 1.54) is 6.07 Å². The lowest BCUT2D eigenvalue weighted by molar-refractivity contribution is 0.0170. The van der Waals surface area contributed by atoms with E-state index in [1.54, 1.807) is 30.3 Å². The first-order valence-electron chi connectivity index (χ1n) is 5.45. The Bertz CT molecular complexity index is 529. The summed E-state index contributed by atoms with van der Waals surface area (Å²) in [4.78, 5) is 0. The fourth-order valence-corrected chi connectivity index (χ4v) is 1.71. The molecule has 0 saturated heterocycles. The van der Waals surface area contributed by atoms with Gasteiger partial charge in [-0.25, -0.2) is 8.78 Å². The molecule has 2 unspecified atom stereocenters. The molecule has 0 amide bonds. The third kappa shape index (κ3) is 2.55. The minimum absolute atomic E-state index is 0.130. The fraction of sp³-hybridized carbons (Fsp3) is 0.143. The Morgan fingerprint density at radius 2 is 1.33 bits per heavy atom. The normalized spacial score (nSPS) is 14.2. The van der Waals surface area contributed by atoms with E-state index in [0.29, 0.717) is 5.56 Å². The first-order chi connectivity index (χ1) is 8.59. The Morgan fingerprint density at radius 1 is 0.722 bits per heavy atom. The smallest absolute Gasteiger partial charge is 0.159 e. The highest BCUT2D eigenvalue weighted by Crippen LogP contribution is 2.29. The highest BCUT2D eigenvalue weighted by molar-refractivity contribution is 5.25. The van der Waals surface area contributed by atoms with Gasteiger partial charge in [0.1, 0.15) is 12.2 Å². The highest BCUT2D eigenvalue weighted by Gasteiger charge is 2.21. The Morgan fingerprint density at radius 3 is 1.94 bits per heavy atom. The molecule has 2 N–H and O–H groups in total. The summed E-state index contributed by atoms with van der Waals surface area (Å²) in [7, 11) is 0. The Balaban J connectivity index is 2.25. The van der Waals surface area contributed by atoms with Crippen LogP contribution in [0.1, 0.15) is 23.3 Å². The maximum Gasteiger partial charge on any atom is 0.159 e. The maximum atomic E-state index is 13.0. The van der Waals surface area contributed by atoms with Gasteiger partial charge < -0.3 is 10.2 Å². The van der Waals surface area contributed by atoms with Crippen LogP contribution in [0.2, 0.25) is 0 Å². The quantitative estimate of drug-likeness (QED) is 0.879. The molecule has 0 aliphatic rings. The van der Waals surface area contributed by atoms with Crippen molar-refractivity contribution in [1.29, 1.82) is 0 Å². The summed E-state index contributed by atoms with van der Waals surface area (Å²) in [6, 6.07) is 11.6. The molecule has 2 nitrogen and oxygen atoms in total. The summed E-state index contributed by atoms with van der Waals surface area (Å²) in [6.45, 7) is 0. The molecule has 0 radical (unpaired) electrons.